The van der Waals surface area contributed by atoms with Crippen LogP contribution in [-0.4, -0.2) is 46.6 Å². The van der Waals surface area contributed by atoms with E-state index >= 15 is 0 Å². The van der Waals surface area contributed by atoms with E-state index in [-0.39, 0.29) is 5.91 Å². The zero-order valence-corrected chi connectivity index (χ0v) is 14.7. The lowest BCUT2D eigenvalue weighted by Gasteiger charge is -2.22. The standard InChI is InChI=1S/C16H26N4O4/c1-11(18-15(22)24-16(2,3)4)14(21)19-12-9-17-20(10-12)13-5-7-23-8-6-13/h9-11,13H,5-8H2,1-4H3,(H,18,22)(H,19,21). The Morgan fingerprint density at radius 1 is 1.38 bits per heavy atom. The average molecular weight is 338 g/mol. The molecule has 24 heavy (non-hydrogen) atoms. The molecule has 8 nitrogen and oxygen atoms in total. The summed E-state index contributed by atoms with van der Waals surface area (Å²) in [6.07, 6.45) is 4.60. The van der Waals surface area contributed by atoms with Crippen LogP contribution >= 0.6 is 0 Å². The summed E-state index contributed by atoms with van der Waals surface area (Å²) in [6, 6.07) is -0.423. The first-order valence-electron chi connectivity index (χ1n) is 8.17. The number of hydrogen-bond acceptors (Lipinski definition) is 5. The minimum Gasteiger partial charge on any atom is -0.444 e. The van der Waals surface area contributed by atoms with E-state index in [4.69, 9.17) is 9.47 Å². The van der Waals surface area contributed by atoms with E-state index in [9.17, 15) is 9.59 Å². The number of aromatic nitrogens is 2. The highest BCUT2D eigenvalue weighted by molar-refractivity contribution is 5.96. The lowest BCUT2D eigenvalue weighted by atomic mass is 10.1. The number of ether oxygens (including phenoxy) is 2. The van der Waals surface area contributed by atoms with Crippen LogP contribution in [0.4, 0.5) is 10.5 Å². The van der Waals surface area contributed by atoms with E-state index in [1.54, 1.807) is 40.1 Å². The van der Waals surface area contributed by atoms with Gasteiger partial charge in [0.25, 0.3) is 0 Å². The lowest BCUT2D eigenvalue weighted by molar-refractivity contribution is -0.117. The van der Waals surface area contributed by atoms with E-state index in [1.165, 1.54) is 0 Å². The number of nitrogens with one attached hydrogen (secondary N) is 2. The maximum absolute atomic E-state index is 12.2. The Morgan fingerprint density at radius 3 is 2.67 bits per heavy atom. The molecule has 1 fully saturated rings. The predicted molar refractivity (Wildman–Crippen MR) is 88.8 cm³/mol. The Labute approximate surface area is 141 Å². The summed E-state index contributed by atoms with van der Waals surface area (Å²) in [6.45, 7) is 8.35. The first-order valence-corrected chi connectivity index (χ1v) is 8.17. The third-order valence-corrected chi connectivity index (χ3v) is 3.56. The van der Waals surface area contributed by atoms with Crippen molar-refractivity contribution in [1.29, 1.82) is 0 Å². The lowest BCUT2D eigenvalue weighted by Crippen LogP contribution is -2.43. The maximum atomic E-state index is 12.2. The Kier molecular flexibility index (Phi) is 5.82. The molecule has 134 valence electrons. The fourth-order valence-electron chi connectivity index (χ4n) is 2.35. The Balaban J connectivity index is 1.85. The van der Waals surface area contributed by atoms with Crippen LogP contribution in [0.3, 0.4) is 0 Å². The highest BCUT2D eigenvalue weighted by atomic mass is 16.6. The van der Waals surface area contributed by atoms with Crippen molar-refractivity contribution in [2.24, 2.45) is 0 Å². The third kappa shape index (κ3) is 5.52. The van der Waals surface area contributed by atoms with Gasteiger partial charge in [0.05, 0.1) is 17.9 Å². The first-order chi connectivity index (χ1) is 11.2. The van der Waals surface area contributed by atoms with Gasteiger partial charge in [-0.15, -0.1) is 0 Å². The first kappa shape index (κ1) is 18.3. The topological polar surface area (TPSA) is 94.5 Å². The fraction of sp³-hybridized carbons (Fsp3) is 0.688. The van der Waals surface area contributed by atoms with Gasteiger partial charge in [-0.2, -0.15) is 5.10 Å². The van der Waals surface area contributed by atoms with E-state index in [0.717, 1.165) is 26.1 Å². The summed E-state index contributed by atoms with van der Waals surface area (Å²) in [5.74, 6) is -0.326. The summed E-state index contributed by atoms with van der Waals surface area (Å²) in [7, 11) is 0. The molecule has 1 atom stereocenters. The van der Waals surface area contributed by atoms with Gasteiger partial charge < -0.3 is 20.1 Å². The number of rotatable bonds is 4. The molecule has 0 aliphatic carbocycles. The summed E-state index contributed by atoms with van der Waals surface area (Å²) in [4.78, 5) is 23.9. The molecule has 0 bridgehead atoms. The Morgan fingerprint density at radius 2 is 2.04 bits per heavy atom. The van der Waals surface area contributed by atoms with Crippen LogP contribution < -0.4 is 10.6 Å². The molecule has 2 heterocycles. The zero-order valence-electron chi connectivity index (χ0n) is 14.7. The number of carbonyl (C=O) groups is 2. The molecule has 1 aliphatic rings. The number of carbonyl (C=O) groups excluding carboxylic acids is 2. The van der Waals surface area contributed by atoms with Gasteiger partial charge in [-0.3, -0.25) is 9.48 Å². The minimum absolute atomic E-state index is 0.293. The molecule has 1 aromatic heterocycles. The maximum Gasteiger partial charge on any atom is 0.408 e. The van der Waals surface area contributed by atoms with E-state index in [2.05, 4.69) is 15.7 Å². The SMILES string of the molecule is CC(NC(=O)OC(C)(C)C)C(=O)Nc1cnn(C2CCOCC2)c1. The van der Waals surface area contributed by atoms with Crippen molar-refractivity contribution in [3.8, 4) is 0 Å². The van der Waals surface area contributed by atoms with Gasteiger partial charge in [-0.1, -0.05) is 0 Å². The summed E-state index contributed by atoms with van der Waals surface area (Å²) in [5, 5.41) is 9.55. The second-order valence-corrected chi connectivity index (χ2v) is 6.91. The molecule has 2 amide bonds. The van der Waals surface area contributed by atoms with Crippen LogP contribution in [0.15, 0.2) is 12.4 Å². The van der Waals surface area contributed by atoms with Crippen molar-refractivity contribution in [2.45, 2.75) is 58.2 Å². The third-order valence-electron chi connectivity index (χ3n) is 3.56. The molecule has 1 aromatic rings. The fourth-order valence-corrected chi connectivity index (χ4v) is 2.35. The minimum atomic E-state index is -0.716. The molecule has 2 rings (SSSR count). The van der Waals surface area contributed by atoms with Crippen LogP contribution in [0.2, 0.25) is 0 Å². The molecule has 0 spiro atoms. The van der Waals surface area contributed by atoms with E-state index < -0.39 is 17.7 Å². The molecule has 1 saturated heterocycles. The van der Waals surface area contributed by atoms with E-state index in [1.807, 2.05) is 4.68 Å². The van der Waals surface area contributed by atoms with Gasteiger partial charge in [-0.25, -0.2) is 4.79 Å². The Bertz CT molecular complexity index is 573. The van der Waals surface area contributed by atoms with Crippen molar-refractivity contribution in [2.75, 3.05) is 18.5 Å². The number of amides is 2. The second kappa shape index (κ2) is 7.65. The molecule has 8 heteroatoms. The molecule has 0 saturated carbocycles. The molecule has 1 unspecified atom stereocenters. The van der Waals surface area contributed by atoms with Crippen LogP contribution in [0, 0.1) is 0 Å². The van der Waals surface area contributed by atoms with Gasteiger partial charge >= 0.3 is 6.09 Å². The normalized spacial score (nSPS) is 17.2. The van der Waals surface area contributed by atoms with Crippen molar-refractivity contribution in [1.82, 2.24) is 15.1 Å². The molecule has 2 N–H and O–H groups in total. The quantitative estimate of drug-likeness (QED) is 0.876. The van der Waals surface area contributed by atoms with Crippen molar-refractivity contribution in [3.63, 3.8) is 0 Å². The molecule has 0 radical (unpaired) electrons. The highest BCUT2D eigenvalue weighted by Crippen LogP contribution is 2.21. The smallest absolute Gasteiger partial charge is 0.408 e. The summed E-state index contributed by atoms with van der Waals surface area (Å²) >= 11 is 0. The molecule has 0 aromatic carbocycles. The predicted octanol–water partition coefficient (Wildman–Crippen LogP) is 2.09. The van der Waals surface area contributed by atoms with Crippen molar-refractivity contribution < 1.29 is 19.1 Å². The average Bonchev–Trinajstić information content (AvgIpc) is 2.94. The summed E-state index contributed by atoms with van der Waals surface area (Å²) < 4.78 is 12.3. The number of nitrogens with zero attached hydrogens (tertiary/aromatic N) is 2. The van der Waals surface area contributed by atoms with Crippen LogP contribution in [-0.2, 0) is 14.3 Å². The van der Waals surface area contributed by atoms with Gasteiger partial charge in [-0.05, 0) is 40.5 Å². The highest BCUT2D eigenvalue weighted by Gasteiger charge is 2.22. The number of alkyl carbamates (subject to hydrolysis) is 1. The largest absolute Gasteiger partial charge is 0.444 e. The van der Waals surface area contributed by atoms with Crippen molar-refractivity contribution >= 4 is 17.7 Å². The molecular weight excluding hydrogens is 312 g/mol. The second-order valence-electron chi connectivity index (χ2n) is 6.91. The summed E-state index contributed by atoms with van der Waals surface area (Å²) in [5.41, 5.74) is -0.00479. The van der Waals surface area contributed by atoms with Gasteiger partial charge in [0, 0.05) is 19.4 Å². The van der Waals surface area contributed by atoms with Crippen LogP contribution in [0.25, 0.3) is 0 Å². The van der Waals surface area contributed by atoms with E-state index in [0.29, 0.717) is 11.7 Å². The number of hydrogen-bond donors (Lipinski definition) is 2. The number of anilines is 1. The van der Waals surface area contributed by atoms with Gasteiger partial charge in [0.15, 0.2) is 0 Å². The Hall–Kier alpha value is -2.09. The van der Waals surface area contributed by atoms with Crippen molar-refractivity contribution in [3.05, 3.63) is 12.4 Å². The van der Waals surface area contributed by atoms with Gasteiger partial charge in [0.1, 0.15) is 11.6 Å². The zero-order chi connectivity index (χ0) is 17.7. The molecule has 1 aliphatic heterocycles. The monoisotopic (exact) mass is 338 g/mol. The van der Waals surface area contributed by atoms with Crippen LogP contribution in [0.5, 0.6) is 0 Å². The van der Waals surface area contributed by atoms with Gasteiger partial charge in [0.2, 0.25) is 5.91 Å². The van der Waals surface area contributed by atoms with Crippen LogP contribution in [0.1, 0.15) is 46.6 Å². The molecular formula is C16H26N4O4.